The van der Waals surface area contributed by atoms with Crippen LogP contribution >= 0.6 is 15.9 Å². The number of hydrogen-bond acceptors (Lipinski definition) is 6. The van der Waals surface area contributed by atoms with Crippen LogP contribution < -0.4 is 14.8 Å². The Hall–Kier alpha value is -3.06. The highest BCUT2D eigenvalue weighted by molar-refractivity contribution is 9.10. The summed E-state index contributed by atoms with van der Waals surface area (Å²) in [6.45, 7) is 6.15. The maximum absolute atomic E-state index is 13.8. The Kier molecular flexibility index (Phi) is 7.88. The first-order valence-corrected chi connectivity index (χ1v) is 12.9. The number of carbonyl (C=O) groups is 2. The molecule has 0 spiro atoms. The summed E-state index contributed by atoms with van der Waals surface area (Å²) >= 11 is 3.67. The highest BCUT2D eigenvalue weighted by Crippen LogP contribution is 2.49. The molecule has 1 heterocycles. The average molecular weight is 554 g/mol. The van der Waals surface area contributed by atoms with Gasteiger partial charge < -0.3 is 19.5 Å². The molecule has 1 aliphatic heterocycles. The quantitative estimate of drug-likeness (QED) is 0.422. The van der Waals surface area contributed by atoms with Gasteiger partial charge in [-0.1, -0.05) is 60.1 Å². The SMILES string of the molecule is COc1cc(Br)c(C2C(C(=O)OCC(C)C)=C(C)NC3=C2C(=O)CC(c2ccccc2)C3)cc1OC. The molecule has 2 atom stereocenters. The molecule has 0 radical (unpaired) electrons. The lowest BCUT2D eigenvalue weighted by atomic mass is 9.71. The lowest BCUT2D eigenvalue weighted by Gasteiger charge is -2.37. The van der Waals surface area contributed by atoms with Crippen LogP contribution in [-0.2, 0) is 14.3 Å². The number of dihydropyridines is 1. The third-order valence-electron chi connectivity index (χ3n) is 6.68. The number of carbonyl (C=O) groups excluding carboxylic acids is 2. The molecule has 2 aromatic rings. The monoisotopic (exact) mass is 553 g/mol. The van der Waals surface area contributed by atoms with Gasteiger partial charge in [0.15, 0.2) is 17.3 Å². The summed E-state index contributed by atoms with van der Waals surface area (Å²) < 4.78 is 17.4. The van der Waals surface area contributed by atoms with E-state index in [0.717, 1.165) is 21.3 Å². The summed E-state index contributed by atoms with van der Waals surface area (Å²) in [5.74, 6) is 0.335. The number of methoxy groups -OCH3 is 2. The number of ketones is 1. The van der Waals surface area contributed by atoms with Crippen molar-refractivity contribution in [2.45, 2.75) is 45.4 Å². The van der Waals surface area contributed by atoms with Crippen LogP contribution in [0.25, 0.3) is 0 Å². The second-order valence-corrected chi connectivity index (χ2v) is 10.5. The summed E-state index contributed by atoms with van der Waals surface area (Å²) in [4.78, 5) is 27.2. The molecule has 7 heteroatoms. The largest absolute Gasteiger partial charge is 0.493 e. The zero-order valence-electron chi connectivity index (χ0n) is 21.3. The second kappa shape index (κ2) is 10.9. The molecular weight excluding hydrogens is 522 g/mol. The molecule has 0 bridgehead atoms. The number of esters is 1. The van der Waals surface area contributed by atoms with E-state index < -0.39 is 11.9 Å². The summed E-state index contributed by atoms with van der Waals surface area (Å²) in [5, 5.41) is 3.40. The average Bonchev–Trinajstić information content (AvgIpc) is 2.86. The zero-order valence-corrected chi connectivity index (χ0v) is 22.9. The third-order valence-corrected chi connectivity index (χ3v) is 7.37. The van der Waals surface area contributed by atoms with Crippen molar-refractivity contribution in [1.82, 2.24) is 5.32 Å². The number of ether oxygens (including phenoxy) is 3. The highest BCUT2D eigenvalue weighted by atomic mass is 79.9. The molecular formula is C29H32BrNO5. The Labute approximate surface area is 220 Å². The maximum Gasteiger partial charge on any atom is 0.336 e. The van der Waals surface area contributed by atoms with Crippen molar-refractivity contribution in [1.29, 1.82) is 0 Å². The molecule has 0 aromatic heterocycles. The molecule has 0 saturated heterocycles. The number of hydrogen-bond donors (Lipinski definition) is 1. The summed E-state index contributed by atoms with van der Waals surface area (Å²) in [7, 11) is 3.14. The van der Waals surface area contributed by atoms with Crippen molar-refractivity contribution in [3.8, 4) is 11.5 Å². The van der Waals surface area contributed by atoms with Gasteiger partial charge in [0, 0.05) is 33.8 Å². The first-order valence-electron chi connectivity index (χ1n) is 12.1. The number of benzene rings is 2. The number of rotatable bonds is 7. The summed E-state index contributed by atoms with van der Waals surface area (Å²) in [6.07, 6.45) is 1.05. The van der Waals surface area contributed by atoms with Gasteiger partial charge >= 0.3 is 5.97 Å². The van der Waals surface area contributed by atoms with Crippen molar-refractivity contribution in [3.05, 3.63) is 80.6 Å². The van der Waals surface area contributed by atoms with Gasteiger partial charge in [0.25, 0.3) is 0 Å². The van der Waals surface area contributed by atoms with Gasteiger partial charge in [-0.3, -0.25) is 4.79 Å². The van der Waals surface area contributed by atoms with Gasteiger partial charge in [0.2, 0.25) is 0 Å². The highest BCUT2D eigenvalue weighted by Gasteiger charge is 2.42. The van der Waals surface area contributed by atoms with Crippen LogP contribution in [0.2, 0.25) is 0 Å². The van der Waals surface area contributed by atoms with Crippen LogP contribution in [0.15, 0.2) is 69.5 Å². The minimum absolute atomic E-state index is 0.0194. The number of nitrogens with one attached hydrogen (secondary N) is 1. The minimum Gasteiger partial charge on any atom is -0.493 e. The zero-order chi connectivity index (χ0) is 26.0. The van der Waals surface area contributed by atoms with Crippen LogP contribution in [0.1, 0.15) is 56.6 Å². The third kappa shape index (κ3) is 5.07. The van der Waals surface area contributed by atoms with Crippen molar-refractivity contribution < 1.29 is 23.8 Å². The van der Waals surface area contributed by atoms with Gasteiger partial charge in [-0.15, -0.1) is 0 Å². The lowest BCUT2D eigenvalue weighted by molar-refractivity contribution is -0.140. The second-order valence-electron chi connectivity index (χ2n) is 9.65. The summed E-state index contributed by atoms with van der Waals surface area (Å²) in [6, 6.07) is 13.7. The van der Waals surface area contributed by atoms with Gasteiger partial charge in [0.1, 0.15) is 0 Å². The van der Waals surface area contributed by atoms with Crippen LogP contribution in [0.3, 0.4) is 0 Å². The molecule has 190 valence electrons. The topological polar surface area (TPSA) is 73.9 Å². The predicted molar refractivity (Wildman–Crippen MR) is 142 cm³/mol. The molecule has 0 amide bonds. The van der Waals surface area contributed by atoms with Crippen molar-refractivity contribution in [3.63, 3.8) is 0 Å². The van der Waals surface area contributed by atoms with Crippen LogP contribution in [-0.4, -0.2) is 32.6 Å². The van der Waals surface area contributed by atoms with E-state index >= 15 is 0 Å². The summed E-state index contributed by atoms with van der Waals surface area (Å²) in [5.41, 5.74) is 4.47. The van der Waals surface area contributed by atoms with Gasteiger partial charge in [-0.25, -0.2) is 4.79 Å². The minimum atomic E-state index is -0.598. The smallest absolute Gasteiger partial charge is 0.336 e. The van der Waals surface area contributed by atoms with Gasteiger partial charge in [0.05, 0.1) is 26.4 Å². The van der Waals surface area contributed by atoms with E-state index in [1.165, 1.54) is 0 Å². The fourth-order valence-electron chi connectivity index (χ4n) is 4.99. The molecule has 2 aliphatic rings. The van der Waals surface area contributed by atoms with E-state index in [1.54, 1.807) is 14.2 Å². The molecule has 2 unspecified atom stereocenters. The molecule has 0 fully saturated rings. The van der Waals surface area contributed by atoms with E-state index in [4.69, 9.17) is 14.2 Å². The molecule has 1 N–H and O–H groups in total. The molecule has 1 aliphatic carbocycles. The molecule has 2 aromatic carbocycles. The number of Topliss-reactive ketones (excluding diaryl/α,β-unsaturated/α-hetero) is 1. The van der Waals surface area contributed by atoms with E-state index in [1.807, 2.05) is 51.1 Å². The van der Waals surface area contributed by atoms with E-state index in [-0.39, 0.29) is 17.6 Å². The standard InChI is InChI=1S/C29H32BrNO5/c1-16(2)15-36-29(33)26-17(3)31-22-11-19(18-9-7-6-8-10-18)12-23(32)28(22)27(26)20-13-24(34-4)25(35-5)14-21(20)30/h6-10,13-14,16,19,27,31H,11-12,15H2,1-5H3. The first-order chi connectivity index (χ1) is 17.2. The predicted octanol–water partition coefficient (Wildman–Crippen LogP) is 6.03. The molecule has 6 nitrogen and oxygen atoms in total. The van der Waals surface area contributed by atoms with E-state index in [0.29, 0.717) is 47.8 Å². The van der Waals surface area contributed by atoms with Crippen LogP contribution in [0.5, 0.6) is 11.5 Å². The molecule has 4 rings (SSSR count). The lowest BCUT2D eigenvalue weighted by Crippen LogP contribution is -2.36. The van der Waals surface area contributed by atoms with Crippen molar-refractivity contribution in [2.75, 3.05) is 20.8 Å². The van der Waals surface area contributed by atoms with Crippen LogP contribution in [0, 0.1) is 5.92 Å². The van der Waals surface area contributed by atoms with Crippen LogP contribution in [0.4, 0.5) is 0 Å². The van der Waals surface area contributed by atoms with E-state index in [2.05, 4.69) is 33.4 Å². The fourth-order valence-corrected chi connectivity index (χ4v) is 5.54. The van der Waals surface area contributed by atoms with Gasteiger partial charge in [-0.2, -0.15) is 0 Å². The Bertz CT molecular complexity index is 1230. The number of allylic oxidation sites excluding steroid dienone is 3. The van der Waals surface area contributed by atoms with Gasteiger partial charge in [-0.05, 0) is 48.4 Å². The fraction of sp³-hybridized carbons (Fsp3) is 0.379. The first kappa shape index (κ1) is 26.0. The maximum atomic E-state index is 13.8. The normalized spacial score (nSPS) is 19.7. The van der Waals surface area contributed by atoms with Crippen molar-refractivity contribution >= 4 is 27.7 Å². The Morgan fingerprint density at radius 3 is 2.39 bits per heavy atom. The Balaban J connectivity index is 1.85. The Morgan fingerprint density at radius 2 is 1.75 bits per heavy atom. The molecule has 36 heavy (non-hydrogen) atoms. The Morgan fingerprint density at radius 1 is 1.08 bits per heavy atom. The van der Waals surface area contributed by atoms with E-state index in [9.17, 15) is 9.59 Å². The van der Waals surface area contributed by atoms with Crippen molar-refractivity contribution in [2.24, 2.45) is 5.92 Å². The number of halogens is 1. The molecule has 0 saturated carbocycles.